The molecule has 1 saturated carbocycles. The molecule has 2 bridgehead atoms. The van der Waals surface area contributed by atoms with Gasteiger partial charge in [0, 0.05) is 48.3 Å². The number of rotatable bonds is 7. The van der Waals surface area contributed by atoms with Crippen LogP contribution in [0.3, 0.4) is 0 Å². The summed E-state index contributed by atoms with van der Waals surface area (Å²) in [4.78, 5) is 30.2. The molecule has 2 aromatic carbocycles. The van der Waals surface area contributed by atoms with Crippen LogP contribution in [0.1, 0.15) is 73.0 Å². The second-order valence-corrected chi connectivity index (χ2v) is 11.2. The molecule has 3 N–H and O–H groups in total. The number of anilines is 1. The van der Waals surface area contributed by atoms with Gasteiger partial charge in [-0.1, -0.05) is 38.1 Å². The third-order valence-corrected chi connectivity index (χ3v) is 8.28. The van der Waals surface area contributed by atoms with Crippen LogP contribution in [0, 0.1) is 5.92 Å². The molecule has 2 saturated heterocycles. The van der Waals surface area contributed by atoms with Crippen molar-refractivity contribution < 1.29 is 14.7 Å². The standard InChI is InChI=1S/C29H37N3O3/c1-29(2)18-31(17-24(33)13-9-19-5-3-4-6-21(19)16-30)28(35)25-14-12-23(15-26(25)29)32-22-10-7-20(8-11-22)27(32)34/h3-6,12,14-15,20,22,24,33H,7-11,13,16-18,30H2,1-2H3. The highest BCUT2D eigenvalue weighted by atomic mass is 16.3. The van der Waals surface area contributed by atoms with Crippen LogP contribution >= 0.6 is 0 Å². The van der Waals surface area contributed by atoms with Gasteiger partial charge in [0.15, 0.2) is 0 Å². The maximum Gasteiger partial charge on any atom is 0.254 e. The molecule has 6 heteroatoms. The number of aryl methyl sites for hydroxylation is 1. The Labute approximate surface area is 208 Å². The van der Waals surface area contributed by atoms with Crippen molar-refractivity contribution in [3.8, 4) is 0 Å². The molecule has 186 valence electrons. The number of β-amino-alcohol motifs (C(OH)–C–C–N with tert-alkyl or cyclic N) is 1. The first-order chi connectivity index (χ1) is 16.8. The molecular formula is C29H37N3O3. The number of fused-ring (bicyclic) bond motifs is 4. The van der Waals surface area contributed by atoms with E-state index in [1.807, 2.05) is 35.2 Å². The minimum atomic E-state index is -0.608. The zero-order chi connectivity index (χ0) is 24.7. The normalized spacial score (nSPS) is 24.0. The molecule has 2 amide bonds. The van der Waals surface area contributed by atoms with Crippen LogP contribution in [0.25, 0.3) is 0 Å². The molecule has 6 rings (SSSR count). The van der Waals surface area contributed by atoms with Crippen molar-refractivity contribution >= 4 is 17.5 Å². The van der Waals surface area contributed by atoms with Crippen molar-refractivity contribution in [2.45, 2.75) is 76.5 Å². The predicted molar refractivity (Wildman–Crippen MR) is 137 cm³/mol. The molecule has 1 aliphatic carbocycles. The van der Waals surface area contributed by atoms with Gasteiger partial charge in [-0.2, -0.15) is 0 Å². The lowest BCUT2D eigenvalue weighted by atomic mass is 9.76. The highest BCUT2D eigenvalue weighted by molar-refractivity contribution is 6.00. The van der Waals surface area contributed by atoms with Crippen molar-refractivity contribution in [2.75, 3.05) is 18.0 Å². The van der Waals surface area contributed by atoms with E-state index in [0.29, 0.717) is 31.6 Å². The largest absolute Gasteiger partial charge is 0.391 e. The molecular weight excluding hydrogens is 438 g/mol. The fourth-order valence-corrected chi connectivity index (χ4v) is 6.34. The number of nitrogens with two attached hydrogens (primary N) is 1. The van der Waals surface area contributed by atoms with E-state index in [9.17, 15) is 14.7 Å². The maximum atomic E-state index is 13.4. The summed E-state index contributed by atoms with van der Waals surface area (Å²) in [7, 11) is 0. The molecule has 0 radical (unpaired) electrons. The van der Waals surface area contributed by atoms with Gasteiger partial charge in [-0.3, -0.25) is 9.59 Å². The number of carbonyl (C=O) groups is 2. The molecule has 1 unspecified atom stereocenters. The van der Waals surface area contributed by atoms with Crippen molar-refractivity contribution in [2.24, 2.45) is 11.7 Å². The van der Waals surface area contributed by atoms with E-state index in [1.165, 1.54) is 0 Å². The Bertz CT molecular complexity index is 1120. The summed E-state index contributed by atoms with van der Waals surface area (Å²) in [6, 6.07) is 14.2. The SMILES string of the molecule is CC1(C)CN(CC(O)CCc2ccccc2CN)C(=O)c2ccc(N3C(=O)C4CCC3CC4)cc21. The highest BCUT2D eigenvalue weighted by Gasteiger charge is 2.42. The first-order valence-corrected chi connectivity index (χ1v) is 13.0. The van der Waals surface area contributed by atoms with Crippen molar-refractivity contribution in [1.82, 2.24) is 4.90 Å². The molecule has 3 aliphatic heterocycles. The van der Waals surface area contributed by atoms with E-state index in [2.05, 4.69) is 26.0 Å². The Hall–Kier alpha value is -2.70. The highest BCUT2D eigenvalue weighted by Crippen LogP contribution is 2.41. The van der Waals surface area contributed by atoms with Crippen molar-refractivity contribution in [1.29, 1.82) is 0 Å². The Balaban J connectivity index is 1.31. The molecule has 35 heavy (non-hydrogen) atoms. The second-order valence-electron chi connectivity index (χ2n) is 11.2. The van der Waals surface area contributed by atoms with Gasteiger partial charge in [-0.15, -0.1) is 0 Å². The smallest absolute Gasteiger partial charge is 0.254 e. The van der Waals surface area contributed by atoms with Crippen LogP contribution in [0.4, 0.5) is 5.69 Å². The Morgan fingerprint density at radius 3 is 2.46 bits per heavy atom. The molecule has 2 aromatic rings. The van der Waals surface area contributed by atoms with E-state index >= 15 is 0 Å². The lowest BCUT2D eigenvalue weighted by Gasteiger charge is -2.46. The van der Waals surface area contributed by atoms with E-state index in [4.69, 9.17) is 5.73 Å². The Kier molecular flexibility index (Phi) is 6.45. The number of aliphatic hydroxyl groups is 1. The quantitative estimate of drug-likeness (QED) is 0.638. The minimum absolute atomic E-state index is 0.0428. The van der Waals surface area contributed by atoms with Crippen LogP contribution in [0.2, 0.25) is 0 Å². The Morgan fingerprint density at radius 1 is 1.06 bits per heavy atom. The van der Waals surface area contributed by atoms with Gasteiger partial charge in [0.05, 0.1) is 6.10 Å². The zero-order valence-corrected chi connectivity index (χ0v) is 20.9. The number of amides is 2. The van der Waals surface area contributed by atoms with Gasteiger partial charge in [-0.25, -0.2) is 0 Å². The molecule has 0 aromatic heterocycles. The molecule has 6 nitrogen and oxygen atoms in total. The third kappa shape index (κ3) is 4.50. The summed E-state index contributed by atoms with van der Waals surface area (Å²) in [5, 5.41) is 10.8. The topological polar surface area (TPSA) is 86.9 Å². The monoisotopic (exact) mass is 475 g/mol. The summed E-state index contributed by atoms with van der Waals surface area (Å²) < 4.78 is 0. The number of carbonyl (C=O) groups excluding carboxylic acids is 2. The molecule has 3 fully saturated rings. The summed E-state index contributed by atoms with van der Waals surface area (Å²) >= 11 is 0. The van der Waals surface area contributed by atoms with Crippen molar-refractivity contribution in [3.63, 3.8) is 0 Å². The Morgan fingerprint density at radius 2 is 1.77 bits per heavy atom. The van der Waals surface area contributed by atoms with Crippen molar-refractivity contribution in [3.05, 3.63) is 64.7 Å². The van der Waals surface area contributed by atoms with E-state index in [1.54, 1.807) is 4.90 Å². The maximum absolute atomic E-state index is 13.4. The van der Waals surface area contributed by atoms with E-state index < -0.39 is 6.10 Å². The van der Waals surface area contributed by atoms with E-state index in [0.717, 1.165) is 54.5 Å². The molecule has 3 heterocycles. The van der Waals surface area contributed by atoms with Gasteiger partial charge in [0.25, 0.3) is 5.91 Å². The lowest BCUT2D eigenvalue weighted by Crippen LogP contribution is -2.53. The summed E-state index contributed by atoms with van der Waals surface area (Å²) in [5.74, 6) is 0.353. The van der Waals surface area contributed by atoms with Gasteiger partial charge in [0.1, 0.15) is 0 Å². The average molecular weight is 476 g/mol. The number of aliphatic hydroxyl groups excluding tert-OH is 1. The zero-order valence-electron chi connectivity index (χ0n) is 20.9. The number of nitrogens with zero attached hydrogens (tertiary/aromatic N) is 2. The van der Waals surface area contributed by atoms with Crippen LogP contribution in [-0.2, 0) is 23.2 Å². The molecule has 1 atom stereocenters. The molecule has 4 aliphatic rings. The van der Waals surface area contributed by atoms with Crippen LogP contribution < -0.4 is 10.6 Å². The lowest BCUT2D eigenvalue weighted by molar-refractivity contribution is -0.126. The predicted octanol–water partition coefficient (Wildman–Crippen LogP) is 3.78. The number of hydrogen-bond donors (Lipinski definition) is 2. The fourth-order valence-electron chi connectivity index (χ4n) is 6.34. The van der Waals surface area contributed by atoms with Gasteiger partial charge in [-0.05, 0) is 73.4 Å². The third-order valence-electron chi connectivity index (χ3n) is 8.28. The van der Waals surface area contributed by atoms with Crippen LogP contribution in [0.15, 0.2) is 42.5 Å². The second kappa shape index (κ2) is 9.40. The number of piperidine rings is 2. The first-order valence-electron chi connectivity index (χ1n) is 13.0. The van der Waals surface area contributed by atoms with Gasteiger partial charge < -0.3 is 20.6 Å². The first kappa shape index (κ1) is 24.0. The minimum Gasteiger partial charge on any atom is -0.391 e. The molecule has 0 spiro atoms. The summed E-state index contributed by atoms with van der Waals surface area (Å²) in [6.45, 7) is 5.61. The van der Waals surface area contributed by atoms with Crippen LogP contribution in [0.5, 0.6) is 0 Å². The average Bonchev–Trinajstić information content (AvgIpc) is 2.86. The number of hydrogen-bond acceptors (Lipinski definition) is 4. The van der Waals surface area contributed by atoms with Crippen LogP contribution in [-0.4, -0.2) is 47.1 Å². The fraction of sp³-hybridized carbons (Fsp3) is 0.517. The summed E-state index contributed by atoms with van der Waals surface area (Å²) in [5.41, 5.74) is 10.4. The van der Waals surface area contributed by atoms with E-state index in [-0.39, 0.29) is 29.2 Å². The number of benzene rings is 2. The van der Waals surface area contributed by atoms with Gasteiger partial charge in [0.2, 0.25) is 5.91 Å². The summed E-state index contributed by atoms with van der Waals surface area (Å²) in [6.07, 6.45) is 4.84. The van der Waals surface area contributed by atoms with Gasteiger partial charge >= 0.3 is 0 Å².